The van der Waals surface area contributed by atoms with Gasteiger partial charge in [0.2, 0.25) is 5.91 Å². The number of fused-ring (bicyclic) bond motifs is 1. The van der Waals surface area contributed by atoms with Crippen LogP contribution in [0.5, 0.6) is 0 Å². The average Bonchev–Trinajstić information content (AvgIpc) is 2.99. The number of hydrogen-bond donors (Lipinski definition) is 2. The first kappa shape index (κ1) is 17.0. The molecule has 0 saturated heterocycles. The van der Waals surface area contributed by atoms with Crippen molar-refractivity contribution in [1.82, 2.24) is 9.97 Å². The van der Waals surface area contributed by atoms with E-state index < -0.39 is 0 Å². The lowest BCUT2D eigenvalue weighted by Crippen LogP contribution is -2.23. The Morgan fingerprint density at radius 3 is 2.48 bits per heavy atom. The van der Waals surface area contributed by atoms with E-state index in [9.17, 15) is 9.18 Å². The summed E-state index contributed by atoms with van der Waals surface area (Å²) in [5, 5.41) is 2.89. The van der Waals surface area contributed by atoms with Gasteiger partial charge >= 0.3 is 0 Å². The van der Waals surface area contributed by atoms with Crippen molar-refractivity contribution in [2.24, 2.45) is 0 Å². The number of hydrogen-bond acceptors (Lipinski definition) is 3. The number of carbonyl (C=O) groups is 1. The fraction of sp³-hybridized carbons (Fsp3) is 0.263. The fourth-order valence-electron chi connectivity index (χ4n) is 2.91. The third-order valence-electron chi connectivity index (χ3n) is 4.13. The van der Waals surface area contributed by atoms with E-state index in [0.29, 0.717) is 5.82 Å². The molecule has 2 N–H and O–H groups in total. The van der Waals surface area contributed by atoms with Gasteiger partial charge in [0.05, 0.1) is 22.4 Å². The summed E-state index contributed by atoms with van der Waals surface area (Å²) in [5.41, 5.74) is 4.11. The third kappa shape index (κ3) is 3.47. The highest BCUT2D eigenvalue weighted by Crippen LogP contribution is 2.32. The smallest absolute Gasteiger partial charge is 0.221 e. The minimum Gasteiger partial charge on any atom is -0.370 e. The topological polar surface area (TPSA) is 61.0 Å². The largest absolute Gasteiger partial charge is 0.370 e. The predicted octanol–water partition coefficient (Wildman–Crippen LogP) is 4.17. The van der Waals surface area contributed by atoms with Crippen LogP contribution in [0.15, 0.2) is 36.4 Å². The van der Waals surface area contributed by atoms with Crippen LogP contribution in [0.4, 0.5) is 15.8 Å². The van der Waals surface area contributed by atoms with Gasteiger partial charge in [0.15, 0.2) is 0 Å². The zero-order chi connectivity index (χ0) is 18.0. The van der Waals surface area contributed by atoms with Crippen molar-refractivity contribution in [2.45, 2.75) is 20.8 Å². The standard InChI is InChI=1S/C19H21FN4O/c1-4-24(5-2)18-11-16-15(10-17(18)21-12(3)25)22-19(23-16)13-6-8-14(20)9-7-13/h6-11H,4-5H2,1-3H3,(H,21,25)(H,22,23). The van der Waals surface area contributed by atoms with Gasteiger partial charge in [-0.3, -0.25) is 4.79 Å². The van der Waals surface area contributed by atoms with Crippen LogP contribution >= 0.6 is 0 Å². The maximum absolute atomic E-state index is 13.1. The maximum Gasteiger partial charge on any atom is 0.221 e. The van der Waals surface area contributed by atoms with Gasteiger partial charge in [-0.1, -0.05) is 0 Å². The van der Waals surface area contributed by atoms with Crippen LogP contribution in [0, 0.1) is 5.82 Å². The summed E-state index contributed by atoms with van der Waals surface area (Å²) in [6, 6.07) is 10.1. The Hall–Kier alpha value is -2.89. The molecule has 25 heavy (non-hydrogen) atoms. The number of halogens is 1. The van der Waals surface area contributed by atoms with Crippen molar-refractivity contribution in [1.29, 1.82) is 0 Å². The van der Waals surface area contributed by atoms with Crippen molar-refractivity contribution in [3.63, 3.8) is 0 Å². The zero-order valence-electron chi connectivity index (χ0n) is 14.6. The number of anilines is 2. The second-order valence-corrected chi connectivity index (χ2v) is 5.83. The number of nitrogens with one attached hydrogen (secondary N) is 2. The summed E-state index contributed by atoms with van der Waals surface area (Å²) in [4.78, 5) is 21.6. The Kier molecular flexibility index (Phi) is 4.70. The molecule has 0 unspecified atom stereocenters. The van der Waals surface area contributed by atoms with Crippen LogP contribution in [0.3, 0.4) is 0 Å². The molecule has 0 aliphatic carbocycles. The van der Waals surface area contributed by atoms with Gasteiger partial charge < -0.3 is 15.2 Å². The Labute approximate surface area is 145 Å². The quantitative estimate of drug-likeness (QED) is 0.733. The number of aromatic nitrogens is 2. The maximum atomic E-state index is 13.1. The molecule has 0 atom stereocenters. The number of amides is 1. The third-order valence-corrected chi connectivity index (χ3v) is 4.13. The number of imidazole rings is 1. The molecule has 0 saturated carbocycles. The first-order valence-corrected chi connectivity index (χ1v) is 8.34. The Morgan fingerprint density at radius 2 is 1.88 bits per heavy atom. The van der Waals surface area contributed by atoms with Crippen LogP contribution < -0.4 is 10.2 Å². The molecule has 130 valence electrons. The minimum atomic E-state index is -0.281. The number of H-pyrrole nitrogens is 1. The van der Waals surface area contributed by atoms with Crippen molar-refractivity contribution in [2.75, 3.05) is 23.3 Å². The monoisotopic (exact) mass is 340 g/mol. The second-order valence-electron chi connectivity index (χ2n) is 5.83. The lowest BCUT2D eigenvalue weighted by Gasteiger charge is -2.24. The molecule has 0 fully saturated rings. The molecule has 0 radical (unpaired) electrons. The first-order chi connectivity index (χ1) is 12.0. The Morgan fingerprint density at radius 1 is 1.20 bits per heavy atom. The van der Waals surface area contributed by atoms with Crippen LogP contribution in [0.2, 0.25) is 0 Å². The van der Waals surface area contributed by atoms with E-state index in [2.05, 4.69) is 34.0 Å². The van der Waals surface area contributed by atoms with Gasteiger partial charge in [0.1, 0.15) is 11.6 Å². The van der Waals surface area contributed by atoms with Gasteiger partial charge in [0.25, 0.3) is 0 Å². The minimum absolute atomic E-state index is 0.119. The first-order valence-electron chi connectivity index (χ1n) is 8.34. The van der Waals surface area contributed by atoms with Crippen LogP contribution in [0.1, 0.15) is 20.8 Å². The molecule has 0 aliphatic rings. The van der Waals surface area contributed by atoms with Crippen molar-refractivity contribution in [3.05, 3.63) is 42.2 Å². The van der Waals surface area contributed by atoms with Crippen LogP contribution in [-0.4, -0.2) is 29.0 Å². The number of rotatable bonds is 5. The Balaban J connectivity index is 2.12. The van der Waals surface area contributed by atoms with Crippen LogP contribution in [0.25, 0.3) is 22.4 Å². The summed E-state index contributed by atoms with van der Waals surface area (Å²) in [7, 11) is 0. The van der Waals surface area contributed by atoms with Gasteiger partial charge in [-0.2, -0.15) is 0 Å². The van der Waals surface area contributed by atoms with E-state index in [0.717, 1.165) is 41.1 Å². The van der Waals surface area contributed by atoms with E-state index >= 15 is 0 Å². The summed E-state index contributed by atoms with van der Waals surface area (Å²) in [6.07, 6.45) is 0. The molecule has 1 aromatic heterocycles. The molecule has 3 aromatic rings. The molecule has 3 rings (SSSR count). The molecular weight excluding hydrogens is 319 g/mol. The van der Waals surface area contributed by atoms with Gasteiger partial charge in [-0.05, 0) is 50.2 Å². The Bertz CT molecular complexity index is 898. The van der Waals surface area contributed by atoms with E-state index in [1.165, 1.54) is 19.1 Å². The molecule has 0 bridgehead atoms. The fourth-order valence-corrected chi connectivity index (χ4v) is 2.91. The van der Waals surface area contributed by atoms with Crippen molar-refractivity contribution in [3.8, 4) is 11.4 Å². The highest BCUT2D eigenvalue weighted by molar-refractivity contribution is 5.98. The van der Waals surface area contributed by atoms with E-state index in [-0.39, 0.29) is 11.7 Å². The van der Waals surface area contributed by atoms with Crippen molar-refractivity contribution < 1.29 is 9.18 Å². The highest BCUT2D eigenvalue weighted by Gasteiger charge is 2.14. The summed E-state index contributed by atoms with van der Waals surface area (Å²) in [6.45, 7) is 7.28. The molecule has 5 nitrogen and oxygen atoms in total. The van der Waals surface area contributed by atoms with Gasteiger partial charge in [0, 0.05) is 25.6 Å². The second kappa shape index (κ2) is 6.93. The van der Waals surface area contributed by atoms with E-state index in [1.54, 1.807) is 12.1 Å². The summed E-state index contributed by atoms with van der Waals surface area (Å²) < 4.78 is 13.1. The number of nitrogens with zero attached hydrogens (tertiary/aromatic N) is 2. The lowest BCUT2D eigenvalue weighted by molar-refractivity contribution is -0.114. The lowest BCUT2D eigenvalue weighted by atomic mass is 10.2. The normalized spacial score (nSPS) is 10.9. The van der Waals surface area contributed by atoms with Gasteiger partial charge in [-0.15, -0.1) is 0 Å². The zero-order valence-corrected chi connectivity index (χ0v) is 14.6. The number of aromatic amines is 1. The molecule has 6 heteroatoms. The molecule has 0 aliphatic heterocycles. The average molecular weight is 340 g/mol. The number of carbonyl (C=O) groups excluding carboxylic acids is 1. The van der Waals surface area contributed by atoms with Crippen LogP contribution in [-0.2, 0) is 4.79 Å². The summed E-state index contributed by atoms with van der Waals surface area (Å²) in [5.74, 6) is 0.267. The van der Waals surface area contributed by atoms with E-state index in [4.69, 9.17) is 0 Å². The SMILES string of the molecule is CCN(CC)c1cc2nc(-c3ccc(F)cc3)[nH]c2cc1NC(C)=O. The highest BCUT2D eigenvalue weighted by atomic mass is 19.1. The summed E-state index contributed by atoms with van der Waals surface area (Å²) >= 11 is 0. The molecule has 1 amide bonds. The predicted molar refractivity (Wildman–Crippen MR) is 99.4 cm³/mol. The molecule has 0 spiro atoms. The van der Waals surface area contributed by atoms with E-state index in [1.807, 2.05) is 12.1 Å². The van der Waals surface area contributed by atoms with Gasteiger partial charge in [-0.25, -0.2) is 9.37 Å². The molecule has 1 heterocycles. The number of benzene rings is 2. The molecular formula is C19H21FN4O. The van der Waals surface area contributed by atoms with Crippen molar-refractivity contribution >= 4 is 28.3 Å². The molecule has 2 aromatic carbocycles.